The van der Waals surface area contributed by atoms with Crippen LogP contribution in [-0.4, -0.2) is 11.1 Å². The molecule has 2 rings (SSSR count). The fourth-order valence-electron chi connectivity index (χ4n) is 1.67. The smallest absolute Gasteiger partial charge is 0.349 e. The molecule has 0 aliphatic carbocycles. The van der Waals surface area contributed by atoms with E-state index in [1.165, 1.54) is 6.07 Å². The summed E-state index contributed by atoms with van der Waals surface area (Å²) in [7, 11) is 0. The summed E-state index contributed by atoms with van der Waals surface area (Å²) in [6.07, 6.45) is -1.15. The van der Waals surface area contributed by atoms with Gasteiger partial charge in [-0.25, -0.2) is 9.18 Å². The highest BCUT2D eigenvalue weighted by Crippen LogP contribution is 2.24. The van der Waals surface area contributed by atoms with Gasteiger partial charge in [-0.15, -0.1) is 0 Å². The lowest BCUT2D eigenvalue weighted by molar-refractivity contribution is -0.145. The van der Waals surface area contributed by atoms with Crippen LogP contribution in [0, 0.1) is 12.7 Å². The molecule has 0 aliphatic heterocycles. The van der Waals surface area contributed by atoms with Crippen molar-refractivity contribution in [2.75, 3.05) is 0 Å². The molecule has 1 N–H and O–H groups in total. The van der Waals surface area contributed by atoms with Gasteiger partial charge < -0.3 is 9.84 Å². The first-order chi connectivity index (χ1) is 9.08. The lowest BCUT2D eigenvalue weighted by Gasteiger charge is -2.15. The van der Waals surface area contributed by atoms with Crippen molar-refractivity contribution in [2.24, 2.45) is 0 Å². The van der Waals surface area contributed by atoms with Crippen LogP contribution in [0.3, 0.4) is 0 Å². The maximum absolute atomic E-state index is 13.4. The van der Waals surface area contributed by atoms with Crippen LogP contribution in [0.25, 0.3) is 0 Å². The van der Waals surface area contributed by atoms with E-state index in [2.05, 4.69) is 0 Å². The number of hydrogen-bond donors (Lipinski definition) is 1. The largest absolute Gasteiger partial charge is 0.478 e. The number of carboxylic acid groups (broad SMARTS) is 1. The molecule has 0 heterocycles. The summed E-state index contributed by atoms with van der Waals surface area (Å²) in [6, 6.07) is 12.8. The van der Waals surface area contributed by atoms with E-state index in [-0.39, 0.29) is 5.75 Å². The monoisotopic (exact) mass is 260 g/mol. The fraction of sp³-hybridized carbons (Fsp3) is 0.133. The first kappa shape index (κ1) is 13.1. The summed E-state index contributed by atoms with van der Waals surface area (Å²) >= 11 is 0. The molecular formula is C15H13FO3. The second kappa shape index (κ2) is 5.52. The Labute approximate surface area is 110 Å². The van der Waals surface area contributed by atoms with Gasteiger partial charge in [0.1, 0.15) is 11.6 Å². The van der Waals surface area contributed by atoms with E-state index in [4.69, 9.17) is 4.74 Å². The third kappa shape index (κ3) is 3.10. The Hall–Kier alpha value is -2.36. The number of hydrogen-bond acceptors (Lipinski definition) is 2. The summed E-state index contributed by atoms with van der Waals surface area (Å²) in [5, 5.41) is 9.19. The highest BCUT2D eigenvalue weighted by atomic mass is 19.1. The fourth-order valence-corrected chi connectivity index (χ4v) is 1.67. The van der Waals surface area contributed by atoms with Crippen LogP contribution >= 0.6 is 0 Å². The molecule has 0 aliphatic rings. The maximum atomic E-state index is 13.4. The van der Waals surface area contributed by atoms with Gasteiger partial charge in [0, 0.05) is 11.6 Å². The second-order valence-corrected chi connectivity index (χ2v) is 4.16. The zero-order chi connectivity index (χ0) is 13.8. The molecule has 1 atom stereocenters. The highest BCUT2D eigenvalue weighted by molar-refractivity contribution is 5.74. The van der Waals surface area contributed by atoms with E-state index >= 15 is 0 Å². The number of halogens is 1. The van der Waals surface area contributed by atoms with E-state index in [0.29, 0.717) is 11.1 Å². The third-order valence-electron chi connectivity index (χ3n) is 2.72. The van der Waals surface area contributed by atoms with Crippen molar-refractivity contribution in [2.45, 2.75) is 13.0 Å². The van der Waals surface area contributed by atoms with Crippen molar-refractivity contribution in [1.82, 2.24) is 0 Å². The van der Waals surface area contributed by atoms with Crippen molar-refractivity contribution in [1.29, 1.82) is 0 Å². The minimum atomic E-state index is -1.15. The van der Waals surface area contributed by atoms with Crippen LogP contribution in [0.2, 0.25) is 0 Å². The number of aliphatic carboxylic acids is 1. The van der Waals surface area contributed by atoms with E-state index in [1.807, 2.05) is 0 Å². The molecule has 98 valence electrons. The number of rotatable bonds is 4. The van der Waals surface area contributed by atoms with Gasteiger partial charge in [0.25, 0.3) is 0 Å². The predicted molar refractivity (Wildman–Crippen MR) is 68.6 cm³/mol. The summed E-state index contributed by atoms with van der Waals surface area (Å²) in [6.45, 7) is 1.63. The van der Waals surface area contributed by atoms with Crippen molar-refractivity contribution >= 4 is 5.97 Å². The zero-order valence-corrected chi connectivity index (χ0v) is 10.3. The molecule has 0 radical (unpaired) electrons. The third-order valence-corrected chi connectivity index (χ3v) is 2.72. The van der Waals surface area contributed by atoms with Gasteiger partial charge in [-0.05, 0) is 18.6 Å². The predicted octanol–water partition coefficient (Wildman–Crippen LogP) is 3.34. The Morgan fingerprint density at radius 3 is 2.47 bits per heavy atom. The number of aryl methyl sites for hydroxylation is 1. The van der Waals surface area contributed by atoms with Crippen molar-refractivity contribution in [3.8, 4) is 5.75 Å². The van der Waals surface area contributed by atoms with Gasteiger partial charge in [-0.1, -0.05) is 36.4 Å². The van der Waals surface area contributed by atoms with E-state index in [0.717, 1.165) is 0 Å². The van der Waals surface area contributed by atoms with Crippen molar-refractivity contribution < 1.29 is 19.0 Å². The lowest BCUT2D eigenvalue weighted by Crippen LogP contribution is -2.18. The molecule has 0 fully saturated rings. The summed E-state index contributed by atoms with van der Waals surface area (Å²) in [5.74, 6) is -1.35. The number of carboxylic acids is 1. The zero-order valence-electron chi connectivity index (χ0n) is 10.3. The van der Waals surface area contributed by atoms with Crippen LogP contribution in [0.5, 0.6) is 5.75 Å². The Balaban J connectivity index is 2.27. The maximum Gasteiger partial charge on any atom is 0.349 e. The normalized spacial score (nSPS) is 11.9. The Morgan fingerprint density at radius 1 is 1.21 bits per heavy atom. The minimum absolute atomic E-state index is 0.194. The van der Waals surface area contributed by atoms with Crippen LogP contribution < -0.4 is 4.74 Å². The first-order valence-corrected chi connectivity index (χ1v) is 5.78. The van der Waals surface area contributed by atoms with Gasteiger partial charge in [0.15, 0.2) is 0 Å². The SMILES string of the molecule is Cc1ccc(OC(C(=O)O)c2ccccc2)cc1F. The number of benzene rings is 2. The van der Waals surface area contributed by atoms with E-state index in [1.54, 1.807) is 49.4 Å². The van der Waals surface area contributed by atoms with Crippen LogP contribution in [-0.2, 0) is 4.79 Å². The van der Waals surface area contributed by atoms with E-state index < -0.39 is 17.9 Å². The van der Waals surface area contributed by atoms with E-state index in [9.17, 15) is 14.3 Å². The van der Waals surface area contributed by atoms with Gasteiger partial charge in [-0.3, -0.25) is 0 Å². The topological polar surface area (TPSA) is 46.5 Å². The highest BCUT2D eigenvalue weighted by Gasteiger charge is 2.21. The van der Waals surface area contributed by atoms with Crippen LogP contribution in [0.4, 0.5) is 4.39 Å². The van der Waals surface area contributed by atoms with Crippen molar-refractivity contribution in [3.63, 3.8) is 0 Å². The molecule has 3 nitrogen and oxygen atoms in total. The molecule has 1 unspecified atom stereocenters. The average Bonchev–Trinajstić information content (AvgIpc) is 2.40. The standard InChI is InChI=1S/C15H13FO3/c1-10-7-8-12(9-13(10)16)19-14(15(17)18)11-5-3-2-4-6-11/h2-9,14H,1H3,(H,17,18). The summed E-state index contributed by atoms with van der Waals surface area (Å²) < 4.78 is 18.8. The van der Waals surface area contributed by atoms with Gasteiger partial charge in [0.2, 0.25) is 6.10 Å². The molecule has 2 aromatic rings. The lowest BCUT2D eigenvalue weighted by atomic mass is 10.1. The van der Waals surface area contributed by atoms with Crippen molar-refractivity contribution in [3.05, 3.63) is 65.5 Å². The van der Waals surface area contributed by atoms with Gasteiger partial charge in [0.05, 0.1) is 0 Å². The van der Waals surface area contributed by atoms with Gasteiger partial charge >= 0.3 is 5.97 Å². The van der Waals surface area contributed by atoms with Crippen LogP contribution in [0.1, 0.15) is 17.2 Å². The first-order valence-electron chi connectivity index (χ1n) is 5.78. The molecule has 0 amide bonds. The molecule has 0 saturated heterocycles. The molecule has 4 heteroatoms. The molecule has 0 saturated carbocycles. The van der Waals surface area contributed by atoms with Gasteiger partial charge in [-0.2, -0.15) is 0 Å². The summed E-state index contributed by atoms with van der Waals surface area (Å²) in [5.41, 5.74) is 0.995. The number of ether oxygens (including phenoxy) is 1. The Bertz CT molecular complexity index is 581. The summed E-state index contributed by atoms with van der Waals surface area (Å²) in [4.78, 5) is 11.2. The molecule has 0 bridgehead atoms. The molecular weight excluding hydrogens is 247 g/mol. The molecule has 0 aromatic heterocycles. The molecule has 19 heavy (non-hydrogen) atoms. The second-order valence-electron chi connectivity index (χ2n) is 4.16. The quantitative estimate of drug-likeness (QED) is 0.917. The minimum Gasteiger partial charge on any atom is -0.478 e. The Morgan fingerprint density at radius 2 is 1.89 bits per heavy atom. The molecule has 0 spiro atoms. The number of carbonyl (C=O) groups is 1. The Kier molecular flexibility index (Phi) is 3.80. The average molecular weight is 260 g/mol. The van der Waals surface area contributed by atoms with Crippen LogP contribution in [0.15, 0.2) is 48.5 Å². The molecule has 2 aromatic carbocycles.